The molecule has 3 aromatic heterocycles. The first-order valence-electron chi connectivity index (χ1n) is 7.67. The van der Waals surface area contributed by atoms with Gasteiger partial charge < -0.3 is 0 Å². The summed E-state index contributed by atoms with van der Waals surface area (Å²) in [7, 11) is 0. The fourth-order valence-corrected chi connectivity index (χ4v) is 4.00. The summed E-state index contributed by atoms with van der Waals surface area (Å²) >= 11 is 1.72. The second-order valence-electron chi connectivity index (χ2n) is 6.95. The number of hydrogen-bond donors (Lipinski definition) is 0. The van der Waals surface area contributed by atoms with Gasteiger partial charge in [0.15, 0.2) is 0 Å². The smallest absolute Gasteiger partial charge is 0.115 e. The van der Waals surface area contributed by atoms with Crippen LogP contribution in [0.25, 0.3) is 11.0 Å². The maximum absolute atomic E-state index is 5.05. The molecule has 0 bridgehead atoms. The van der Waals surface area contributed by atoms with Crippen LogP contribution in [0.5, 0.6) is 0 Å². The van der Waals surface area contributed by atoms with E-state index in [1.807, 2.05) is 18.2 Å². The molecule has 1 aliphatic rings. The fourth-order valence-electron chi connectivity index (χ4n) is 2.94. The molecule has 4 heterocycles. The molecule has 4 nitrogen and oxygen atoms in total. The molecule has 0 unspecified atom stereocenters. The minimum atomic E-state index is -0.211. The maximum atomic E-state index is 5.05. The van der Waals surface area contributed by atoms with Crippen molar-refractivity contribution in [1.29, 1.82) is 0 Å². The van der Waals surface area contributed by atoms with Crippen molar-refractivity contribution in [3.63, 3.8) is 0 Å². The van der Waals surface area contributed by atoms with Crippen molar-refractivity contribution < 1.29 is 0 Å². The van der Waals surface area contributed by atoms with E-state index in [-0.39, 0.29) is 11.0 Å². The second kappa shape index (κ2) is 4.68. The van der Waals surface area contributed by atoms with Gasteiger partial charge in [-0.2, -0.15) is 0 Å². The lowest BCUT2D eigenvalue weighted by Gasteiger charge is -2.42. The van der Waals surface area contributed by atoms with Crippen LogP contribution in [0, 0.1) is 0 Å². The molecule has 0 aromatic carbocycles. The Labute approximate surface area is 139 Å². The first-order valence-corrected chi connectivity index (χ1v) is 8.55. The molecule has 0 aliphatic carbocycles. The Morgan fingerprint density at radius 3 is 2.65 bits per heavy atom. The van der Waals surface area contributed by atoms with Gasteiger partial charge in [0.25, 0.3) is 0 Å². The van der Waals surface area contributed by atoms with Crippen LogP contribution in [0.3, 0.4) is 0 Å². The van der Waals surface area contributed by atoms with Crippen molar-refractivity contribution in [3.05, 3.63) is 52.0 Å². The highest BCUT2D eigenvalue weighted by atomic mass is 32.1. The molecule has 0 amide bonds. The molecule has 0 atom stereocenters. The monoisotopic (exact) mass is 322 g/mol. The Bertz CT molecular complexity index is 937. The highest BCUT2D eigenvalue weighted by Crippen LogP contribution is 2.45. The third-order valence-electron chi connectivity index (χ3n) is 5.07. The summed E-state index contributed by atoms with van der Waals surface area (Å²) in [5.74, 6) is 0. The molecule has 0 N–H and O–H groups in total. The average Bonchev–Trinajstić information content (AvgIpc) is 3.01. The highest BCUT2D eigenvalue weighted by molar-refractivity contribution is 7.12. The number of hydrogen-bond acceptors (Lipinski definition) is 5. The number of thiophene rings is 1. The summed E-state index contributed by atoms with van der Waals surface area (Å²) in [6.45, 7) is 8.87. The third-order valence-corrected chi connectivity index (χ3v) is 5.99. The minimum Gasteiger partial charge on any atom is -0.275 e. The predicted molar refractivity (Wildman–Crippen MR) is 94.4 cm³/mol. The summed E-state index contributed by atoms with van der Waals surface area (Å²) in [6.07, 6.45) is 1.78. The van der Waals surface area contributed by atoms with E-state index in [2.05, 4.69) is 54.3 Å². The van der Waals surface area contributed by atoms with Gasteiger partial charge >= 0.3 is 0 Å². The van der Waals surface area contributed by atoms with E-state index in [0.29, 0.717) is 0 Å². The molecule has 3 aromatic rings. The topological polar surface area (TPSA) is 51.0 Å². The standard InChI is InChI=1S/C18H18N4S/c1-17(2)11-7-9-23-16(11)15(20-18(17,3)4)14-10-13-12(21-22-14)6-5-8-19-13/h5-10H,1-4H3. The Kier molecular flexibility index (Phi) is 2.94. The lowest BCUT2D eigenvalue weighted by molar-refractivity contribution is 0.305. The Morgan fingerprint density at radius 2 is 1.83 bits per heavy atom. The molecule has 0 saturated carbocycles. The van der Waals surface area contributed by atoms with E-state index in [4.69, 9.17) is 4.99 Å². The van der Waals surface area contributed by atoms with E-state index in [9.17, 15) is 0 Å². The number of nitrogens with zero attached hydrogens (tertiary/aromatic N) is 4. The molecule has 23 heavy (non-hydrogen) atoms. The van der Waals surface area contributed by atoms with Crippen molar-refractivity contribution in [3.8, 4) is 0 Å². The fraction of sp³-hybridized carbons (Fsp3) is 0.333. The van der Waals surface area contributed by atoms with Crippen LogP contribution in [0.15, 0.2) is 40.8 Å². The second-order valence-corrected chi connectivity index (χ2v) is 7.86. The van der Waals surface area contributed by atoms with Crippen molar-refractivity contribution in [2.45, 2.75) is 38.6 Å². The first kappa shape index (κ1) is 14.5. The van der Waals surface area contributed by atoms with E-state index in [0.717, 1.165) is 22.4 Å². The molecule has 1 aliphatic heterocycles. The molecular formula is C18H18N4S. The lowest BCUT2D eigenvalue weighted by atomic mass is 9.68. The van der Waals surface area contributed by atoms with Crippen LogP contribution in [0.1, 0.15) is 43.8 Å². The molecule has 4 rings (SSSR count). The van der Waals surface area contributed by atoms with Gasteiger partial charge in [0, 0.05) is 11.6 Å². The zero-order chi connectivity index (χ0) is 16.2. The summed E-state index contributed by atoms with van der Waals surface area (Å²) in [5.41, 5.74) is 4.48. The Hall–Kier alpha value is -2.14. The van der Waals surface area contributed by atoms with Gasteiger partial charge in [-0.05, 0) is 49.1 Å². The molecule has 0 spiro atoms. The number of pyridine rings is 1. The molecule has 116 valence electrons. The summed E-state index contributed by atoms with van der Waals surface area (Å²) in [4.78, 5) is 10.6. The molecular weight excluding hydrogens is 304 g/mol. The zero-order valence-corrected chi connectivity index (χ0v) is 14.5. The van der Waals surface area contributed by atoms with Crippen molar-refractivity contribution in [1.82, 2.24) is 15.2 Å². The normalized spacial score (nSPS) is 18.5. The van der Waals surface area contributed by atoms with Gasteiger partial charge in [-0.3, -0.25) is 9.98 Å². The van der Waals surface area contributed by atoms with E-state index >= 15 is 0 Å². The van der Waals surface area contributed by atoms with Gasteiger partial charge in [-0.1, -0.05) is 13.8 Å². The number of fused-ring (bicyclic) bond motifs is 2. The molecule has 0 fully saturated rings. The van der Waals surface area contributed by atoms with Gasteiger partial charge in [-0.15, -0.1) is 21.5 Å². The number of rotatable bonds is 1. The van der Waals surface area contributed by atoms with Gasteiger partial charge in [0.2, 0.25) is 0 Å². The summed E-state index contributed by atoms with van der Waals surface area (Å²) in [5, 5.41) is 10.9. The SMILES string of the molecule is CC1(C)N=C(c2cc3ncccc3nn2)c2sccc2C1(C)C. The van der Waals surface area contributed by atoms with Crippen molar-refractivity contribution >= 4 is 28.1 Å². The van der Waals surface area contributed by atoms with E-state index in [1.54, 1.807) is 17.5 Å². The minimum absolute atomic E-state index is 0.0195. The van der Waals surface area contributed by atoms with Crippen LogP contribution < -0.4 is 0 Å². The van der Waals surface area contributed by atoms with Gasteiger partial charge in [-0.25, -0.2) is 0 Å². The quantitative estimate of drug-likeness (QED) is 0.680. The largest absolute Gasteiger partial charge is 0.275 e. The van der Waals surface area contributed by atoms with Crippen molar-refractivity contribution in [2.75, 3.05) is 0 Å². The van der Waals surface area contributed by atoms with Crippen molar-refractivity contribution in [2.24, 2.45) is 4.99 Å². The van der Waals surface area contributed by atoms with Gasteiger partial charge in [0.1, 0.15) is 16.9 Å². The number of aliphatic imine (C=N–C) groups is 1. The third kappa shape index (κ3) is 2.03. The highest BCUT2D eigenvalue weighted by Gasteiger charge is 2.44. The lowest BCUT2D eigenvalue weighted by Crippen LogP contribution is -2.45. The molecule has 0 saturated heterocycles. The Morgan fingerprint density at radius 1 is 1.00 bits per heavy atom. The average molecular weight is 322 g/mol. The van der Waals surface area contributed by atoms with Gasteiger partial charge in [0.05, 0.1) is 15.9 Å². The first-order chi connectivity index (χ1) is 10.9. The molecule has 0 radical (unpaired) electrons. The van der Waals surface area contributed by atoms with Crippen LogP contribution in [0.2, 0.25) is 0 Å². The predicted octanol–water partition coefficient (Wildman–Crippen LogP) is 3.99. The van der Waals surface area contributed by atoms with E-state index < -0.39 is 0 Å². The Balaban J connectivity index is 1.95. The number of aromatic nitrogens is 3. The molecule has 5 heteroatoms. The summed E-state index contributed by atoms with van der Waals surface area (Å²) in [6, 6.07) is 7.99. The van der Waals surface area contributed by atoms with Crippen LogP contribution in [-0.4, -0.2) is 26.4 Å². The van der Waals surface area contributed by atoms with E-state index in [1.165, 1.54) is 10.4 Å². The summed E-state index contributed by atoms with van der Waals surface area (Å²) < 4.78 is 0. The van der Waals surface area contributed by atoms with Crippen LogP contribution in [-0.2, 0) is 5.41 Å². The maximum Gasteiger partial charge on any atom is 0.115 e. The van der Waals surface area contributed by atoms with Crippen LogP contribution in [0.4, 0.5) is 0 Å². The zero-order valence-electron chi connectivity index (χ0n) is 13.7. The van der Waals surface area contributed by atoms with Crippen LogP contribution >= 0.6 is 11.3 Å².